The molecular weight excluding hydrogens is 412 g/mol. The average molecular weight is 443 g/mol. The Kier molecular flexibility index (Phi) is 8.29. The Morgan fingerprint density at radius 3 is 2.38 bits per heavy atom. The van der Waals surface area contributed by atoms with Gasteiger partial charge in [-0.2, -0.15) is 5.10 Å². The summed E-state index contributed by atoms with van der Waals surface area (Å²) in [6.07, 6.45) is 6.89. The molecule has 1 fully saturated rings. The zero-order chi connectivity index (χ0) is 23.1. The van der Waals surface area contributed by atoms with E-state index in [2.05, 4.69) is 12.3 Å². The van der Waals surface area contributed by atoms with Gasteiger partial charge in [0.2, 0.25) is 0 Å². The van der Waals surface area contributed by atoms with Gasteiger partial charge in [0.25, 0.3) is 0 Å². The maximum absolute atomic E-state index is 11.1. The van der Waals surface area contributed by atoms with Crippen molar-refractivity contribution in [1.29, 1.82) is 0 Å². The summed E-state index contributed by atoms with van der Waals surface area (Å²) in [7, 11) is 1.62. The van der Waals surface area contributed by atoms with Gasteiger partial charge < -0.3 is 20.4 Å². The maximum Gasteiger partial charge on any atom is 0.121 e. The highest BCUT2D eigenvalue weighted by Gasteiger charge is 2.27. The van der Waals surface area contributed by atoms with E-state index >= 15 is 0 Å². The van der Waals surface area contributed by atoms with Crippen molar-refractivity contribution in [3.63, 3.8) is 0 Å². The number of hydrogen-bond donors (Lipinski definition) is 3. The van der Waals surface area contributed by atoms with Gasteiger partial charge >= 0.3 is 0 Å². The van der Waals surface area contributed by atoms with Crippen molar-refractivity contribution < 1.29 is 15.2 Å². The van der Waals surface area contributed by atoms with Crippen LogP contribution in [0.2, 0.25) is 0 Å². The first-order chi connectivity index (χ1) is 15.4. The van der Waals surface area contributed by atoms with E-state index in [1.54, 1.807) is 7.11 Å². The van der Waals surface area contributed by atoms with Gasteiger partial charge in [0.1, 0.15) is 11.4 Å². The molecule has 1 aliphatic carbocycles. The van der Waals surface area contributed by atoms with Gasteiger partial charge in [0, 0.05) is 11.6 Å². The minimum atomic E-state index is -0.598. The second kappa shape index (κ2) is 11.1. The zero-order valence-electron chi connectivity index (χ0n) is 18.4. The van der Waals surface area contributed by atoms with Crippen LogP contribution in [0.4, 0.5) is 17.1 Å². The van der Waals surface area contributed by atoms with E-state index in [0.717, 1.165) is 42.4 Å². The molecule has 1 saturated carbocycles. The fraction of sp³-hybridized carbons (Fsp3) is 0.435. The molecule has 3 rings (SSSR count). The van der Waals surface area contributed by atoms with Gasteiger partial charge in [-0.3, -0.25) is 15.8 Å². The number of nitrogens with zero attached hydrogens (tertiary/aromatic N) is 3. The Morgan fingerprint density at radius 1 is 1.12 bits per heavy atom. The molecule has 0 saturated heterocycles. The number of nitrogens with one attached hydrogen (secondary N) is 1. The van der Waals surface area contributed by atoms with Crippen LogP contribution in [-0.2, 0) is 0 Å². The Hall–Kier alpha value is -2.85. The highest BCUT2D eigenvalue weighted by Crippen LogP contribution is 2.35. The van der Waals surface area contributed by atoms with E-state index < -0.39 is 5.23 Å². The van der Waals surface area contributed by atoms with Gasteiger partial charge in [-0.15, -0.1) is 5.23 Å². The first-order valence-electron chi connectivity index (χ1n) is 10.9. The maximum atomic E-state index is 11.1. The topological polar surface area (TPSA) is 127 Å². The van der Waals surface area contributed by atoms with Crippen molar-refractivity contribution in [2.24, 2.45) is 16.9 Å². The van der Waals surface area contributed by atoms with Gasteiger partial charge in [0.05, 0.1) is 18.5 Å². The Labute approximate surface area is 188 Å². The largest absolute Gasteiger partial charge is 0.769 e. The van der Waals surface area contributed by atoms with E-state index in [1.165, 1.54) is 31.4 Å². The van der Waals surface area contributed by atoms with Crippen molar-refractivity contribution in [3.8, 4) is 5.75 Å². The third kappa shape index (κ3) is 5.68. The van der Waals surface area contributed by atoms with Crippen LogP contribution < -0.4 is 20.6 Å². The lowest BCUT2D eigenvalue weighted by atomic mass is 9.75. The van der Waals surface area contributed by atoms with Gasteiger partial charge in [-0.25, -0.2) is 0 Å². The number of benzene rings is 2. The molecule has 1 atom stereocenters. The molecule has 2 aromatic rings. The second-order valence-corrected chi connectivity index (χ2v) is 8.00. The smallest absolute Gasteiger partial charge is 0.121 e. The SMILES string of the molecule is CC[C@@H](C(=NNc1ccc(N([O-])[O-])cc1N(O)O)c1ccc(OC)cc1)C1CCCCC1. The lowest BCUT2D eigenvalue weighted by molar-refractivity contribution is 0.0295. The molecular formula is C23H30N4O5-2. The number of ether oxygens (including phenoxy) is 1. The van der Waals surface area contributed by atoms with E-state index in [9.17, 15) is 20.8 Å². The van der Waals surface area contributed by atoms with Crippen molar-refractivity contribution in [3.05, 3.63) is 58.4 Å². The lowest BCUT2D eigenvalue weighted by Gasteiger charge is -2.38. The molecule has 1 aliphatic rings. The van der Waals surface area contributed by atoms with Crippen molar-refractivity contribution in [1.82, 2.24) is 0 Å². The summed E-state index contributed by atoms with van der Waals surface area (Å²) < 4.78 is 5.28. The molecule has 0 aromatic heterocycles. The van der Waals surface area contributed by atoms with Crippen LogP contribution in [0, 0.1) is 22.3 Å². The molecule has 0 amide bonds. The molecule has 0 radical (unpaired) electrons. The zero-order valence-corrected chi connectivity index (χ0v) is 18.4. The molecule has 174 valence electrons. The molecule has 0 heterocycles. The van der Waals surface area contributed by atoms with Crippen LogP contribution in [-0.4, -0.2) is 23.2 Å². The first kappa shape index (κ1) is 23.8. The number of anilines is 3. The highest BCUT2D eigenvalue weighted by atomic mass is 16.8. The molecule has 32 heavy (non-hydrogen) atoms. The lowest BCUT2D eigenvalue weighted by Crippen LogP contribution is -2.27. The summed E-state index contributed by atoms with van der Waals surface area (Å²) >= 11 is 0. The van der Waals surface area contributed by atoms with Crippen LogP contribution in [0.5, 0.6) is 5.75 Å². The summed E-state index contributed by atoms with van der Waals surface area (Å²) in [5.74, 6) is 1.48. The van der Waals surface area contributed by atoms with Crippen LogP contribution in [0.15, 0.2) is 47.6 Å². The highest BCUT2D eigenvalue weighted by molar-refractivity contribution is 6.03. The van der Waals surface area contributed by atoms with Gasteiger partial charge in [-0.1, -0.05) is 26.2 Å². The first-order valence-corrected chi connectivity index (χ1v) is 10.9. The Bertz CT molecular complexity index is 896. The predicted molar refractivity (Wildman–Crippen MR) is 125 cm³/mol. The quantitative estimate of drug-likeness (QED) is 0.343. The molecule has 0 aliphatic heterocycles. The van der Waals surface area contributed by atoms with Crippen LogP contribution in [0.3, 0.4) is 0 Å². The summed E-state index contributed by atoms with van der Waals surface area (Å²) in [4.78, 5) is 0. The van der Waals surface area contributed by atoms with Crippen molar-refractivity contribution >= 4 is 22.8 Å². The van der Waals surface area contributed by atoms with Crippen LogP contribution in [0.25, 0.3) is 0 Å². The fourth-order valence-corrected chi connectivity index (χ4v) is 4.42. The standard InChI is InChI=1S/C23H30N4O5/c1-3-20(16-7-5-4-6-8-16)23(17-9-12-19(32-2)13-10-17)25-24-21-14-11-18(26(28)29)15-22(21)27(30)31/h9-16,20,24,30-31H,3-8H2,1-2H3/q-2/t20-/m1/s1. The molecule has 9 heteroatoms. The number of hydrogen-bond acceptors (Lipinski definition) is 9. The molecule has 0 spiro atoms. The van der Waals surface area contributed by atoms with Crippen molar-refractivity contribution in [2.45, 2.75) is 45.4 Å². The molecule has 0 bridgehead atoms. The number of rotatable bonds is 9. The summed E-state index contributed by atoms with van der Waals surface area (Å²) in [5.41, 5.74) is 4.55. The minimum Gasteiger partial charge on any atom is -0.769 e. The summed E-state index contributed by atoms with van der Waals surface area (Å²) in [6, 6.07) is 11.5. The van der Waals surface area contributed by atoms with E-state index in [-0.39, 0.29) is 28.2 Å². The molecule has 2 aromatic carbocycles. The van der Waals surface area contributed by atoms with Crippen LogP contribution >= 0.6 is 0 Å². The molecule has 0 unspecified atom stereocenters. The predicted octanol–water partition coefficient (Wildman–Crippen LogP) is 5.50. The second-order valence-electron chi connectivity index (χ2n) is 8.00. The van der Waals surface area contributed by atoms with E-state index in [4.69, 9.17) is 9.84 Å². The monoisotopic (exact) mass is 442 g/mol. The summed E-state index contributed by atoms with van der Waals surface area (Å²) in [6.45, 7) is 2.15. The van der Waals surface area contributed by atoms with Gasteiger partial charge in [0.15, 0.2) is 0 Å². The third-order valence-electron chi connectivity index (χ3n) is 6.10. The Morgan fingerprint density at radius 2 is 1.81 bits per heavy atom. The van der Waals surface area contributed by atoms with E-state index in [1.807, 2.05) is 24.3 Å². The van der Waals surface area contributed by atoms with Gasteiger partial charge in [-0.05, 0) is 73.2 Å². The van der Waals surface area contributed by atoms with Crippen molar-refractivity contribution in [2.75, 3.05) is 23.0 Å². The third-order valence-corrected chi connectivity index (χ3v) is 6.10. The molecule has 9 nitrogen and oxygen atoms in total. The van der Waals surface area contributed by atoms with E-state index in [0.29, 0.717) is 5.92 Å². The minimum absolute atomic E-state index is 0.143. The number of methoxy groups -OCH3 is 1. The summed E-state index contributed by atoms with van der Waals surface area (Å²) in [5, 5.41) is 45.2. The number of hydrazone groups is 1. The normalized spacial score (nSPS) is 15.9. The Balaban J connectivity index is 1.98. The van der Waals surface area contributed by atoms with Crippen LogP contribution in [0.1, 0.15) is 51.0 Å². The molecule has 3 N–H and O–H groups in total. The fourth-order valence-electron chi connectivity index (χ4n) is 4.42. The average Bonchev–Trinajstić information content (AvgIpc) is 2.82.